The van der Waals surface area contributed by atoms with Gasteiger partial charge in [-0.2, -0.15) is 0 Å². The summed E-state index contributed by atoms with van der Waals surface area (Å²) in [6.45, 7) is 0.730. The monoisotopic (exact) mass is 288 g/mol. The normalized spacial score (nSPS) is 17.5. The van der Waals surface area contributed by atoms with Gasteiger partial charge in [-0.1, -0.05) is 0 Å². The van der Waals surface area contributed by atoms with E-state index in [0.717, 1.165) is 6.61 Å². The van der Waals surface area contributed by atoms with Crippen molar-refractivity contribution in [1.82, 2.24) is 0 Å². The van der Waals surface area contributed by atoms with Gasteiger partial charge < -0.3 is 0 Å². The van der Waals surface area contributed by atoms with Crippen LogP contribution < -0.4 is 4.35 Å². The molecule has 0 saturated carbocycles. The first-order valence-corrected chi connectivity index (χ1v) is 12.0. The Bertz CT molecular complexity index is 283. The van der Waals surface area contributed by atoms with Crippen LogP contribution in [0.15, 0.2) is 24.3 Å². The number of rotatable bonds is 3. The first kappa shape index (κ1) is 10.9. The molecule has 1 saturated heterocycles. The molecule has 14 heavy (non-hydrogen) atoms. The minimum atomic E-state index is -0.755. The maximum absolute atomic E-state index is 5.09. The Kier molecular flexibility index (Phi) is 4.30. The summed E-state index contributed by atoms with van der Waals surface area (Å²) in [6, 6.07) is 8.99. The molecule has 4 heteroatoms. The van der Waals surface area contributed by atoms with Crippen LogP contribution in [-0.2, 0) is 11.3 Å². The molecule has 1 heterocycles. The molecule has 1 aromatic carbocycles. The molecule has 0 aliphatic carbocycles. The second-order valence-electron chi connectivity index (χ2n) is 3.02. The van der Waals surface area contributed by atoms with E-state index in [4.69, 9.17) is 4.74 Å². The first-order valence-electron chi connectivity index (χ1n) is 4.54. The van der Waals surface area contributed by atoms with Crippen molar-refractivity contribution in [3.63, 3.8) is 0 Å². The molecule has 0 bridgehead atoms. The topological polar surface area (TPSA) is 9.23 Å². The van der Waals surface area contributed by atoms with Gasteiger partial charge in [0, 0.05) is 0 Å². The first-order chi connectivity index (χ1) is 6.90. The van der Waals surface area contributed by atoms with E-state index in [1.807, 2.05) is 0 Å². The Morgan fingerprint density at radius 1 is 1.21 bits per heavy atom. The molecule has 0 radical (unpaired) electrons. The Balaban J connectivity index is 2.05. The van der Waals surface area contributed by atoms with E-state index in [9.17, 15) is 0 Å². The van der Waals surface area contributed by atoms with Gasteiger partial charge in [-0.15, -0.1) is 0 Å². The Morgan fingerprint density at radius 3 is 2.43 bits per heavy atom. The summed E-state index contributed by atoms with van der Waals surface area (Å²) in [5, 5.41) is 0. The van der Waals surface area contributed by atoms with Gasteiger partial charge in [0.15, 0.2) is 0 Å². The van der Waals surface area contributed by atoms with Crippen LogP contribution in [0.1, 0.15) is 5.56 Å². The van der Waals surface area contributed by atoms with Gasteiger partial charge in [-0.25, -0.2) is 0 Å². The fourth-order valence-electron chi connectivity index (χ4n) is 1.31. The van der Waals surface area contributed by atoms with Gasteiger partial charge in [-0.3, -0.25) is 0 Å². The number of hydrogen-bond donors (Lipinski definition) is 0. The van der Waals surface area contributed by atoms with E-state index in [2.05, 4.69) is 44.3 Å². The molecule has 0 unspecified atom stereocenters. The van der Waals surface area contributed by atoms with Gasteiger partial charge >= 0.3 is 96.5 Å². The van der Waals surface area contributed by atoms with Gasteiger partial charge in [0.1, 0.15) is 0 Å². The minimum absolute atomic E-state index is 0.730. The average Bonchev–Trinajstić information content (AvgIpc) is 2.72. The number of benzene rings is 1. The zero-order valence-corrected chi connectivity index (χ0v) is 11.6. The fraction of sp³-hybridized carbons (Fsp3) is 0.400. The van der Waals surface area contributed by atoms with Crippen LogP contribution in [-0.4, -0.2) is 31.0 Å². The summed E-state index contributed by atoms with van der Waals surface area (Å²) in [4.78, 5) is 0. The van der Waals surface area contributed by atoms with Gasteiger partial charge in [0.25, 0.3) is 0 Å². The number of ether oxygens (including phenoxy) is 1. The van der Waals surface area contributed by atoms with E-state index in [-0.39, 0.29) is 0 Å². The summed E-state index contributed by atoms with van der Waals surface area (Å²) in [5.74, 6) is 2.70. The SMILES string of the molecule is COCc1ccc([As]2SCCS2)cc1. The molecular weight excluding hydrogens is 275 g/mol. The van der Waals surface area contributed by atoms with Crippen molar-refractivity contribution < 1.29 is 4.74 Å². The summed E-state index contributed by atoms with van der Waals surface area (Å²) in [6.07, 6.45) is 0. The van der Waals surface area contributed by atoms with E-state index in [1.165, 1.54) is 17.1 Å². The Morgan fingerprint density at radius 2 is 1.86 bits per heavy atom. The van der Waals surface area contributed by atoms with Crippen molar-refractivity contribution in [1.29, 1.82) is 0 Å². The van der Waals surface area contributed by atoms with Crippen molar-refractivity contribution in [3.8, 4) is 0 Å². The molecule has 1 aliphatic heterocycles. The zero-order valence-electron chi connectivity index (χ0n) is 8.10. The summed E-state index contributed by atoms with van der Waals surface area (Å²) < 4.78 is 6.68. The van der Waals surface area contributed by atoms with E-state index in [0.29, 0.717) is 0 Å². The van der Waals surface area contributed by atoms with Crippen LogP contribution >= 0.6 is 20.0 Å². The fourth-order valence-corrected chi connectivity index (χ4v) is 15.4. The van der Waals surface area contributed by atoms with Crippen molar-refractivity contribution in [3.05, 3.63) is 29.8 Å². The summed E-state index contributed by atoms with van der Waals surface area (Å²) in [7, 11) is 6.13. The molecule has 0 atom stereocenters. The molecule has 0 amide bonds. The molecule has 2 rings (SSSR count). The van der Waals surface area contributed by atoms with Crippen LogP contribution in [0.5, 0.6) is 0 Å². The van der Waals surface area contributed by atoms with Crippen molar-refractivity contribution in [2.45, 2.75) is 6.61 Å². The molecule has 0 spiro atoms. The van der Waals surface area contributed by atoms with E-state index >= 15 is 0 Å². The number of hydrogen-bond acceptors (Lipinski definition) is 3. The standard InChI is InChI=1S/C10H13AsOS2/c1-12-8-9-2-4-10(5-3-9)11-13-6-7-14-11/h2-5H,6-8H2,1H3. The molecule has 1 aromatic rings. The molecule has 1 aliphatic rings. The molecule has 1 nitrogen and oxygen atoms in total. The van der Waals surface area contributed by atoms with Gasteiger partial charge in [0.05, 0.1) is 0 Å². The predicted molar refractivity (Wildman–Crippen MR) is 67.5 cm³/mol. The van der Waals surface area contributed by atoms with Crippen LogP contribution in [0, 0.1) is 0 Å². The van der Waals surface area contributed by atoms with E-state index in [1.54, 1.807) is 11.5 Å². The molecule has 76 valence electrons. The van der Waals surface area contributed by atoms with Crippen LogP contribution in [0.4, 0.5) is 0 Å². The van der Waals surface area contributed by atoms with Crippen LogP contribution in [0.25, 0.3) is 0 Å². The summed E-state index contributed by atoms with van der Waals surface area (Å²) >= 11 is -0.755. The van der Waals surface area contributed by atoms with E-state index < -0.39 is 12.3 Å². The van der Waals surface area contributed by atoms with Crippen LogP contribution in [0.3, 0.4) is 0 Å². The van der Waals surface area contributed by atoms with Crippen molar-refractivity contribution >= 4 is 36.7 Å². The second kappa shape index (κ2) is 5.50. The van der Waals surface area contributed by atoms with Crippen molar-refractivity contribution in [2.24, 2.45) is 0 Å². The van der Waals surface area contributed by atoms with Gasteiger partial charge in [-0.05, 0) is 0 Å². The Hall–Kier alpha value is 0.438. The van der Waals surface area contributed by atoms with Gasteiger partial charge in [0.2, 0.25) is 0 Å². The number of methoxy groups -OCH3 is 1. The third kappa shape index (κ3) is 2.72. The second-order valence-corrected chi connectivity index (χ2v) is 14.8. The Labute approximate surface area is 96.2 Å². The third-order valence-electron chi connectivity index (χ3n) is 1.96. The molecule has 1 fully saturated rings. The van der Waals surface area contributed by atoms with Crippen LogP contribution in [0.2, 0.25) is 0 Å². The van der Waals surface area contributed by atoms with Crippen molar-refractivity contribution in [2.75, 3.05) is 18.6 Å². The average molecular weight is 288 g/mol. The molecular formula is C10H13AsOS2. The predicted octanol–water partition coefficient (Wildman–Crippen LogP) is 2.01. The quantitative estimate of drug-likeness (QED) is 0.788. The summed E-state index contributed by atoms with van der Waals surface area (Å²) in [5.41, 5.74) is 1.28. The molecule has 0 aromatic heterocycles. The molecule has 0 N–H and O–H groups in total. The third-order valence-corrected chi connectivity index (χ3v) is 15.7. The zero-order chi connectivity index (χ0) is 9.80. The maximum atomic E-state index is 5.09.